The van der Waals surface area contributed by atoms with E-state index >= 15 is 0 Å². The number of nitriles is 1. The van der Waals surface area contributed by atoms with Gasteiger partial charge in [0.05, 0.1) is 16.9 Å². The van der Waals surface area contributed by atoms with Crippen LogP contribution in [0.15, 0.2) is 5.03 Å². The predicted octanol–water partition coefficient (Wildman–Crippen LogP) is 3.47. The third-order valence-electron chi connectivity index (χ3n) is 3.63. The first kappa shape index (κ1) is 18.6. The van der Waals surface area contributed by atoms with Crippen molar-refractivity contribution >= 4 is 17.7 Å². The van der Waals surface area contributed by atoms with Gasteiger partial charge in [0.1, 0.15) is 11.1 Å². The molecule has 1 aromatic heterocycles. The number of nitrogens with zero attached hydrogens (tertiary/aromatic N) is 2. The number of aryl methyl sites for hydroxylation is 1. The Hall–Kier alpha value is -1.75. The molecular formula is C16H18F3N3OS. The fourth-order valence-electron chi connectivity index (χ4n) is 2.74. The average molecular weight is 357 g/mol. The SMILES string of the molecule is CC(C)NC(=O)CSc1nc2c(c(C(F)(F)F)c1C#N)CCCC2. The molecule has 0 radical (unpaired) electrons. The second-order valence-electron chi connectivity index (χ2n) is 5.92. The number of carbonyl (C=O) groups is 1. The minimum Gasteiger partial charge on any atom is -0.353 e. The molecule has 0 atom stereocenters. The Morgan fingerprint density at radius 3 is 2.62 bits per heavy atom. The summed E-state index contributed by atoms with van der Waals surface area (Å²) in [5.74, 6) is -0.373. The molecule has 0 fully saturated rings. The number of alkyl halides is 3. The Morgan fingerprint density at radius 1 is 1.38 bits per heavy atom. The number of rotatable bonds is 4. The lowest BCUT2D eigenvalue weighted by Crippen LogP contribution is -2.31. The molecule has 1 aliphatic rings. The minimum atomic E-state index is -4.61. The fourth-order valence-corrected chi connectivity index (χ4v) is 3.55. The van der Waals surface area contributed by atoms with E-state index in [9.17, 15) is 23.2 Å². The molecule has 0 unspecified atom stereocenters. The van der Waals surface area contributed by atoms with Gasteiger partial charge >= 0.3 is 6.18 Å². The summed E-state index contributed by atoms with van der Waals surface area (Å²) < 4.78 is 40.5. The molecule has 24 heavy (non-hydrogen) atoms. The Balaban J connectivity index is 2.41. The van der Waals surface area contributed by atoms with Gasteiger partial charge in [-0.3, -0.25) is 4.79 Å². The molecule has 8 heteroatoms. The van der Waals surface area contributed by atoms with Gasteiger partial charge in [0.2, 0.25) is 5.91 Å². The third-order valence-corrected chi connectivity index (χ3v) is 4.60. The zero-order chi connectivity index (χ0) is 17.9. The second kappa shape index (κ2) is 7.43. The van der Waals surface area contributed by atoms with Crippen molar-refractivity contribution < 1.29 is 18.0 Å². The first-order valence-corrected chi connectivity index (χ1v) is 8.67. The molecule has 0 spiro atoms. The molecule has 0 saturated carbocycles. The molecular weight excluding hydrogens is 339 g/mol. The summed E-state index contributed by atoms with van der Waals surface area (Å²) in [6.07, 6.45) is -2.42. The van der Waals surface area contributed by atoms with Crippen LogP contribution >= 0.6 is 11.8 Å². The molecule has 1 aliphatic carbocycles. The highest BCUT2D eigenvalue weighted by atomic mass is 32.2. The van der Waals surface area contributed by atoms with Crippen LogP contribution in [0.5, 0.6) is 0 Å². The number of thioether (sulfide) groups is 1. The second-order valence-corrected chi connectivity index (χ2v) is 6.88. The molecule has 0 saturated heterocycles. The quantitative estimate of drug-likeness (QED) is 0.838. The van der Waals surface area contributed by atoms with Crippen molar-refractivity contribution in [1.29, 1.82) is 5.26 Å². The summed E-state index contributed by atoms with van der Waals surface area (Å²) in [4.78, 5) is 16.0. The molecule has 0 aliphatic heterocycles. The fraction of sp³-hybridized carbons (Fsp3) is 0.562. The molecule has 1 N–H and O–H groups in total. The number of carbonyl (C=O) groups excluding carboxylic acids is 1. The van der Waals surface area contributed by atoms with Gasteiger partial charge in [-0.25, -0.2) is 4.98 Å². The van der Waals surface area contributed by atoms with E-state index in [2.05, 4.69) is 10.3 Å². The lowest BCUT2D eigenvalue weighted by molar-refractivity contribution is -0.138. The zero-order valence-corrected chi connectivity index (χ0v) is 14.3. The van der Waals surface area contributed by atoms with E-state index < -0.39 is 17.3 Å². The highest BCUT2D eigenvalue weighted by molar-refractivity contribution is 8.00. The van der Waals surface area contributed by atoms with E-state index in [1.807, 2.05) is 0 Å². The Bertz CT molecular complexity index is 681. The lowest BCUT2D eigenvalue weighted by atomic mass is 9.90. The van der Waals surface area contributed by atoms with E-state index in [4.69, 9.17) is 0 Å². The number of halogens is 3. The van der Waals surface area contributed by atoms with Gasteiger partial charge < -0.3 is 5.32 Å². The van der Waals surface area contributed by atoms with Crippen molar-refractivity contribution in [3.8, 4) is 6.07 Å². The summed E-state index contributed by atoms with van der Waals surface area (Å²) in [5, 5.41) is 11.9. The largest absolute Gasteiger partial charge is 0.418 e. The van der Waals surface area contributed by atoms with Crippen LogP contribution in [0.3, 0.4) is 0 Å². The number of fused-ring (bicyclic) bond motifs is 1. The standard InChI is InChI=1S/C16H18F3N3OS/c1-9(2)21-13(23)8-24-15-11(7-20)14(16(17,18)19)10-5-3-4-6-12(10)22-15/h9H,3-6,8H2,1-2H3,(H,21,23). The average Bonchev–Trinajstić information content (AvgIpc) is 2.49. The maximum atomic E-state index is 13.5. The van der Waals surface area contributed by atoms with Gasteiger partial charge in [0.15, 0.2) is 0 Å². The van der Waals surface area contributed by atoms with E-state index in [1.54, 1.807) is 19.9 Å². The number of nitrogens with one attached hydrogen (secondary N) is 1. The van der Waals surface area contributed by atoms with Crippen LogP contribution < -0.4 is 5.32 Å². The van der Waals surface area contributed by atoms with Gasteiger partial charge in [-0.2, -0.15) is 18.4 Å². The Kier molecular flexibility index (Phi) is 5.75. The number of hydrogen-bond acceptors (Lipinski definition) is 4. The molecule has 2 rings (SSSR count). The maximum absolute atomic E-state index is 13.5. The Morgan fingerprint density at radius 2 is 2.04 bits per heavy atom. The van der Waals surface area contributed by atoms with E-state index in [-0.39, 0.29) is 34.7 Å². The predicted molar refractivity (Wildman–Crippen MR) is 84.6 cm³/mol. The number of amides is 1. The van der Waals surface area contributed by atoms with Crippen LogP contribution in [0.2, 0.25) is 0 Å². The zero-order valence-electron chi connectivity index (χ0n) is 13.5. The van der Waals surface area contributed by atoms with Gasteiger partial charge in [-0.15, -0.1) is 0 Å². The molecule has 1 aromatic rings. The van der Waals surface area contributed by atoms with Gasteiger partial charge in [0.25, 0.3) is 0 Å². The van der Waals surface area contributed by atoms with Gasteiger partial charge in [-0.1, -0.05) is 11.8 Å². The highest BCUT2D eigenvalue weighted by Gasteiger charge is 2.39. The lowest BCUT2D eigenvalue weighted by Gasteiger charge is -2.22. The molecule has 1 heterocycles. The maximum Gasteiger partial charge on any atom is 0.418 e. The minimum absolute atomic E-state index is 0.00983. The summed E-state index contributed by atoms with van der Waals surface area (Å²) in [7, 11) is 0. The topological polar surface area (TPSA) is 65.8 Å². The van der Waals surface area contributed by atoms with Gasteiger partial charge in [0, 0.05) is 11.7 Å². The van der Waals surface area contributed by atoms with E-state index in [1.165, 1.54) is 0 Å². The number of pyridine rings is 1. The van der Waals surface area contributed by atoms with Crippen LogP contribution in [0, 0.1) is 11.3 Å². The van der Waals surface area contributed by atoms with E-state index in [0.717, 1.165) is 18.2 Å². The van der Waals surface area contributed by atoms with Crippen molar-refractivity contribution in [3.05, 3.63) is 22.4 Å². The van der Waals surface area contributed by atoms with Crippen LogP contribution in [0.1, 0.15) is 49.1 Å². The van der Waals surface area contributed by atoms with Crippen molar-refractivity contribution in [1.82, 2.24) is 10.3 Å². The first-order chi connectivity index (χ1) is 11.2. The molecule has 1 amide bonds. The molecule has 130 valence electrons. The Labute approximate surface area is 142 Å². The van der Waals surface area contributed by atoms with Crippen molar-refractivity contribution in [2.45, 2.75) is 56.8 Å². The van der Waals surface area contributed by atoms with Crippen molar-refractivity contribution in [2.24, 2.45) is 0 Å². The van der Waals surface area contributed by atoms with Crippen molar-refractivity contribution in [2.75, 3.05) is 5.75 Å². The molecule has 4 nitrogen and oxygen atoms in total. The third kappa shape index (κ3) is 4.20. The monoisotopic (exact) mass is 357 g/mol. The summed E-state index contributed by atoms with van der Waals surface area (Å²) >= 11 is 0.879. The summed E-state index contributed by atoms with van der Waals surface area (Å²) in [6.45, 7) is 3.59. The highest BCUT2D eigenvalue weighted by Crippen LogP contribution is 2.41. The van der Waals surface area contributed by atoms with Crippen LogP contribution in [-0.2, 0) is 23.8 Å². The van der Waals surface area contributed by atoms with Crippen molar-refractivity contribution in [3.63, 3.8) is 0 Å². The number of aromatic nitrogens is 1. The normalized spacial score (nSPS) is 14.2. The summed E-state index contributed by atoms with van der Waals surface area (Å²) in [5.41, 5.74) is -0.799. The molecule has 0 bridgehead atoms. The van der Waals surface area contributed by atoms with E-state index in [0.29, 0.717) is 18.5 Å². The van der Waals surface area contributed by atoms with Gasteiger partial charge in [-0.05, 0) is 45.1 Å². The summed E-state index contributed by atoms with van der Waals surface area (Å²) in [6, 6.07) is 1.59. The molecule has 0 aromatic carbocycles. The smallest absolute Gasteiger partial charge is 0.353 e. The van der Waals surface area contributed by atoms with Crippen LogP contribution in [-0.4, -0.2) is 22.7 Å². The van der Waals surface area contributed by atoms with Crippen LogP contribution in [0.4, 0.5) is 13.2 Å². The van der Waals surface area contributed by atoms with Crippen LogP contribution in [0.25, 0.3) is 0 Å². The number of hydrogen-bond donors (Lipinski definition) is 1. The first-order valence-electron chi connectivity index (χ1n) is 7.69.